The predicted octanol–water partition coefficient (Wildman–Crippen LogP) is 0.258. The maximum absolute atomic E-state index is 11.7. The van der Waals surface area contributed by atoms with E-state index in [4.69, 9.17) is 18.6 Å². The summed E-state index contributed by atoms with van der Waals surface area (Å²) in [6, 6.07) is 2.84. The fourth-order valence-electron chi connectivity index (χ4n) is 1.43. The molecule has 1 aromatic heterocycles. The van der Waals surface area contributed by atoms with Gasteiger partial charge in [0.25, 0.3) is 11.9 Å². The van der Waals surface area contributed by atoms with Crippen molar-refractivity contribution in [3.8, 4) is 5.95 Å². The SMILES string of the molecule is CCOC(O)CN(C)C(=O)COC(=O)c1ccc(OC)o1. The van der Waals surface area contributed by atoms with Crippen LogP contribution < -0.4 is 4.74 Å². The normalized spacial score (nSPS) is 11.8. The minimum atomic E-state index is -1.08. The molecule has 0 saturated carbocycles. The number of hydrogen-bond donors (Lipinski definition) is 1. The molecule has 0 aliphatic heterocycles. The van der Waals surface area contributed by atoms with Gasteiger partial charge in [-0.2, -0.15) is 0 Å². The van der Waals surface area contributed by atoms with Crippen molar-refractivity contribution in [1.29, 1.82) is 0 Å². The van der Waals surface area contributed by atoms with Crippen molar-refractivity contribution >= 4 is 11.9 Å². The Hall–Kier alpha value is -2.06. The fraction of sp³-hybridized carbons (Fsp3) is 0.538. The van der Waals surface area contributed by atoms with E-state index >= 15 is 0 Å². The molecule has 8 heteroatoms. The summed E-state index contributed by atoms with van der Waals surface area (Å²) in [6.07, 6.45) is -1.08. The molecule has 1 unspecified atom stereocenters. The first kappa shape index (κ1) is 17.0. The minimum absolute atomic E-state index is 0.0151. The third-order valence-corrected chi connectivity index (χ3v) is 2.53. The zero-order valence-electron chi connectivity index (χ0n) is 12.2. The Bertz CT molecular complexity index is 471. The van der Waals surface area contributed by atoms with Crippen LogP contribution in [0.3, 0.4) is 0 Å². The number of carbonyl (C=O) groups is 2. The molecule has 118 valence electrons. The first-order valence-electron chi connectivity index (χ1n) is 6.32. The Labute approximate surface area is 122 Å². The van der Waals surface area contributed by atoms with Gasteiger partial charge >= 0.3 is 5.97 Å². The molecular formula is C13H19NO7. The largest absolute Gasteiger partial charge is 0.468 e. The van der Waals surface area contributed by atoms with Crippen LogP contribution in [0.4, 0.5) is 0 Å². The van der Waals surface area contributed by atoms with Crippen molar-refractivity contribution in [3.63, 3.8) is 0 Å². The second-order valence-corrected chi connectivity index (χ2v) is 4.08. The molecular weight excluding hydrogens is 282 g/mol. The van der Waals surface area contributed by atoms with Crippen molar-refractivity contribution < 1.29 is 33.3 Å². The molecule has 1 rings (SSSR count). The zero-order chi connectivity index (χ0) is 15.8. The summed E-state index contributed by atoms with van der Waals surface area (Å²) >= 11 is 0. The molecule has 1 amide bonds. The maximum atomic E-state index is 11.7. The van der Waals surface area contributed by atoms with Gasteiger partial charge in [0, 0.05) is 19.7 Å². The van der Waals surface area contributed by atoms with Gasteiger partial charge in [0.05, 0.1) is 13.7 Å². The molecule has 1 aromatic rings. The second-order valence-electron chi connectivity index (χ2n) is 4.08. The molecule has 1 heterocycles. The standard InChI is InChI=1S/C13H19NO7/c1-4-19-11(16)7-14(2)10(15)8-20-13(17)9-5-6-12(18-3)21-9/h5-6,11,16H,4,7-8H2,1-3H3. The summed E-state index contributed by atoms with van der Waals surface area (Å²) in [5.41, 5.74) is 0. The summed E-state index contributed by atoms with van der Waals surface area (Å²) in [5.74, 6) is -1.13. The van der Waals surface area contributed by atoms with Gasteiger partial charge in [-0.15, -0.1) is 0 Å². The maximum Gasteiger partial charge on any atom is 0.374 e. The Morgan fingerprint density at radius 2 is 2.14 bits per heavy atom. The van der Waals surface area contributed by atoms with Crippen molar-refractivity contribution in [3.05, 3.63) is 17.9 Å². The number of hydrogen-bond acceptors (Lipinski definition) is 7. The van der Waals surface area contributed by atoms with Gasteiger partial charge < -0.3 is 28.6 Å². The lowest BCUT2D eigenvalue weighted by molar-refractivity contribution is -0.144. The highest BCUT2D eigenvalue weighted by atomic mass is 16.6. The highest BCUT2D eigenvalue weighted by Gasteiger charge is 2.18. The van der Waals surface area contributed by atoms with Crippen LogP contribution in [0, 0.1) is 0 Å². The van der Waals surface area contributed by atoms with Crippen LogP contribution in [-0.2, 0) is 14.3 Å². The van der Waals surface area contributed by atoms with Crippen molar-refractivity contribution in [2.24, 2.45) is 0 Å². The van der Waals surface area contributed by atoms with Crippen LogP contribution in [0.15, 0.2) is 16.5 Å². The fourth-order valence-corrected chi connectivity index (χ4v) is 1.43. The van der Waals surface area contributed by atoms with E-state index in [0.717, 1.165) is 0 Å². The lowest BCUT2D eigenvalue weighted by atomic mass is 10.4. The van der Waals surface area contributed by atoms with Gasteiger partial charge in [-0.25, -0.2) is 4.79 Å². The summed E-state index contributed by atoms with van der Waals surface area (Å²) in [7, 11) is 2.87. The predicted molar refractivity (Wildman–Crippen MR) is 70.8 cm³/mol. The third-order valence-electron chi connectivity index (χ3n) is 2.53. The molecule has 0 radical (unpaired) electrons. The Morgan fingerprint density at radius 1 is 1.43 bits per heavy atom. The van der Waals surface area contributed by atoms with Crippen molar-refractivity contribution in [2.75, 3.05) is 33.9 Å². The summed E-state index contributed by atoms with van der Waals surface area (Å²) in [6.45, 7) is 1.58. The number of nitrogens with zero attached hydrogens (tertiary/aromatic N) is 1. The third kappa shape index (κ3) is 5.44. The van der Waals surface area contributed by atoms with Gasteiger partial charge in [0.15, 0.2) is 12.9 Å². The van der Waals surface area contributed by atoms with Gasteiger partial charge in [-0.3, -0.25) is 4.79 Å². The molecule has 0 aromatic carbocycles. The average Bonchev–Trinajstić information content (AvgIpc) is 2.93. The minimum Gasteiger partial charge on any atom is -0.468 e. The summed E-state index contributed by atoms with van der Waals surface area (Å²) < 4.78 is 19.5. The van der Waals surface area contributed by atoms with E-state index in [9.17, 15) is 14.7 Å². The number of rotatable bonds is 8. The molecule has 8 nitrogen and oxygen atoms in total. The van der Waals surface area contributed by atoms with Crippen molar-refractivity contribution in [2.45, 2.75) is 13.2 Å². The van der Waals surface area contributed by atoms with E-state index in [1.54, 1.807) is 6.92 Å². The molecule has 0 aliphatic carbocycles. The lowest BCUT2D eigenvalue weighted by Crippen LogP contribution is -2.38. The van der Waals surface area contributed by atoms with Gasteiger partial charge in [-0.1, -0.05) is 0 Å². The molecule has 21 heavy (non-hydrogen) atoms. The lowest BCUT2D eigenvalue weighted by Gasteiger charge is -2.20. The second kappa shape index (κ2) is 8.28. The molecule has 0 saturated heterocycles. The van der Waals surface area contributed by atoms with E-state index in [2.05, 4.69) is 0 Å². The van der Waals surface area contributed by atoms with Crippen LogP contribution in [0.1, 0.15) is 17.5 Å². The Morgan fingerprint density at radius 3 is 2.71 bits per heavy atom. The quantitative estimate of drug-likeness (QED) is 0.543. The van der Waals surface area contributed by atoms with Gasteiger partial charge in [-0.05, 0) is 13.0 Å². The van der Waals surface area contributed by atoms with Gasteiger partial charge in [0.1, 0.15) is 0 Å². The Kier molecular flexibility index (Phi) is 6.70. The monoisotopic (exact) mass is 301 g/mol. The molecule has 1 N–H and O–H groups in total. The van der Waals surface area contributed by atoms with E-state index in [1.165, 1.54) is 31.2 Å². The van der Waals surface area contributed by atoms with Gasteiger partial charge in [0.2, 0.25) is 5.76 Å². The molecule has 0 spiro atoms. The first-order chi connectivity index (χ1) is 9.97. The van der Waals surface area contributed by atoms with Crippen molar-refractivity contribution in [1.82, 2.24) is 4.90 Å². The van der Waals surface area contributed by atoms with E-state index in [-0.39, 0.29) is 18.3 Å². The number of aliphatic hydroxyl groups is 1. The van der Waals surface area contributed by atoms with Crippen LogP contribution >= 0.6 is 0 Å². The number of carbonyl (C=O) groups excluding carboxylic acids is 2. The van der Waals surface area contributed by atoms with Crippen LogP contribution in [0.25, 0.3) is 0 Å². The molecule has 0 bridgehead atoms. The van der Waals surface area contributed by atoms with E-state index in [0.29, 0.717) is 6.61 Å². The number of methoxy groups -OCH3 is 1. The highest BCUT2D eigenvalue weighted by molar-refractivity contribution is 5.88. The smallest absolute Gasteiger partial charge is 0.374 e. The van der Waals surface area contributed by atoms with Crippen LogP contribution in [0.5, 0.6) is 5.95 Å². The molecule has 1 atom stereocenters. The number of amides is 1. The average molecular weight is 301 g/mol. The topological polar surface area (TPSA) is 98.4 Å². The zero-order valence-corrected chi connectivity index (χ0v) is 12.2. The highest BCUT2D eigenvalue weighted by Crippen LogP contribution is 2.15. The number of esters is 1. The number of ether oxygens (including phenoxy) is 3. The molecule has 0 aliphatic rings. The van der Waals surface area contributed by atoms with E-state index < -0.39 is 24.8 Å². The Balaban J connectivity index is 2.39. The van der Waals surface area contributed by atoms with Crippen LogP contribution in [-0.4, -0.2) is 62.1 Å². The summed E-state index contributed by atoms with van der Waals surface area (Å²) in [4.78, 5) is 24.5. The molecule has 0 fully saturated rings. The van der Waals surface area contributed by atoms with E-state index in [1.807, 2.05) is 0 Å². The van der Waals surface area contributed by atoms with Crippen LogP contribution in [0.2, 0.25) is 0 Å². The first-order valence-corrected chi connectivity index (χ1v) is 6.32. The number of aliphatic hydroxyl groups excluding tert-OH is 1. The number of furan rings is 1. The number of likely N-dealkylation sites (N-methyl/N-ethyl adjacent to an activating group) is 1. The summed E-state index contributed by atoms with van der Waals surface area (Å²) in [5, 5.41) is 9.40.